The molecule has 90 valence electrons. The van der Waals surface area contributed by atoms with E-state index in [4.69, 9.17) is 23.8 Å². The van der Waals surface area contributed by atoms with Crippen molar-refractivity contribution < 1.29 is 0 Å². The lowest BCUT2D eigenvalue weighted by Gasteiger charge is -2.04. The molecule has 0 radical (unpaired) electrons. The molecule has 0 atom stereocenters. The second-order valence-electron chi connectivity index (χ2n) is 4.16. The van der Waals surface area contributed by atoms with E-state index in [1.54, 1.807) is 0 Å². The summed E-state index contributed by atoms with van der Waals surface area (Å²) >= 11 is 11.4. The van der Waals surface area contributed by atoms with Crippen LogP contribution in [0.5, 0.6) is 0 Å². The Kier molecular flexibility index (Phi) is 2.94. The minimum absolute atomic E-state index is 0.719. The summed E-state index contributed by atoms with van der Waals surface area (Å²) in [6.07, 6.45) is 0. The monoisotopic (exact) mass is 274 g/mol. The van der Waals surface area contributed by atoms with Gasteiger partial charge in [0.15, 0.2) is 4.77 Å². The average Bonchev–Trinajstić information content (AvgIpc) is 2.67. The number of hydrogen-bond acceptors (Lipinski definition) is 1. The molecule has 0 aliphatic rings. The molecule has 0 aliphatic carbocycles. The molecule has 0 saturated heterocycles. The first-order valence-electron chi connectivity index (χ1n) is 5.66. The zero-order valence-corrected chi connectivity index (χ0v) is 11.1. The number of H-pyrrole nitrogens is 1. The summed E-state index contributed by atoms with van der Waals surface area (Å²) in [5.74, 6) is 0. The van der Waals surface area contributed by atoms with Gasteiger partial charge in [-0.1, -0.05) is 41.9 Å². The molecular weight excluding hydrogens is 264 g/mol. The summed E-state index contributed by atoms with van der Waals surface area (Å²) in [5, 5.41) is 0.721. The van der Waals surface area contributed by atoms with Crippen LogP contribution >= 0.6 is 23.8 Å². The molecule has 1 aromatic heterocycles. The highest BCUT2D eigenvalue weighted by Gasteiger charge is 2.05. The van der Waals surface area contributed by atoms with Crippen molar-refractivity contribution in [2.24, 2.45) is 0 Å². The number of nitrogens with zero attached hydrogens (tertiary/aromatic N) is 1. The molecule has 0 aliphatic heterocycles. The van der Waals surface area contributed by atoms with Gasteiger partial charge < -0.3 is 9.55 Å². The highest BCUT2D eigenvalue weighted by atomic mass is 35.5. The van der Waals surface area contributed by atoms with Gasteiger partial charge in [-0.05, 0) is 36.0 Å². The van der Waals surface area contributed by atoms with Gasteiger partial charge in [0.2, 0.25) is 0 Å². The first-order valence-corrected chi connectivity index (χ1v) is 6.45. The van der Waals surface area contributed by atoms with Crippen molar-refractivity contribution in [3.05, 3.63) is 63.9 Å². The second kappa shape index (κ2) is 4.59. The van der Waals surface area contributed by atoms with E-state index in [-0.39, 0.29) is 0 Å². The molecule has 3 rings (SSSR count). The van der Waals surface area contributed by atoms with Crippen molar-refractivity contribution in [3.63, 3.8) is 0 Å². The molecular formula is C14H11ClN2S. The van der Waals surface area contributed by atoms with E-state index < -0.39 is 0 Å². The van der Waals surface area contributed by atoms with E-state index in [2.05, 4.69) is 21.7 Å². The average molecular weight is 275 g/mol. The van der Waals surface area contributed by atoms with Crippen LogP contribution in [0.4, 0.5) is 0 Å². The molecule has 2 aromatic carbocycles. The molecule has 18 heavy (non-hydrogen) atoms. The number of halogens is 1. The van der Waals surface area contributed by atoms with Crippen molar-refractivity contribution >= 4 is 34.9 Å². The van der Waals surface area contributed by atoms with Crippen LogP contribution in [0.25, 0.3) is 11.0 Å². The standard InChI is InChI=1S/C14H11ClN2S/c15-11-6-7-12-13(8-11)17(14(18)16-12)9-10-4-2-1-3-5-10/h1-8H,9H2,(H,16,18). The van der Waals surface area contributed by atoms with Crippen LogP contribution in [0.2, 0.25) is 5.02 Å². The topological polar surface area (TPSA) is 20.7 Å². The van der Waals surface area contributed by atoms with E-state index in [0.717, 1.165) is 27.4 Å². The Labute approximate surface area is 115 Å². The molecule has 0 spiro atoms. The summed E-state index contributed by atoms with van der Waals surface area (Å²) in [6, 6.07) is 16.0. The number of benzene rings is 2. The number of fused-ring (bicyclic) bond motifs is 1. The van der Waals surface area contributed by atoms with Gasteiger partial charge >= 0.3 is 0 Å². The Balaban J connectivity index is 2.14. The molecule has 0 fully saturated rings. The third-order valence-electron chi connectivity index (χ3n) is 2.92. The predicted octanol–water partition coefficient (Wildman–Crippen LogP) is 4.40. The maximum Gasteiger partial charge on any atom is 0.178 e. The minimum Gasteiger partial charge on any atom is -0.331 e. The molecule has 0 unspecified atom stereocenters. The second-order valence-corrected chi connectivity index (χ2v) is 4.99. The molecule has 0 saturated carbocycles. The molecule has 3 aromatic rings. The van der Waals surface area contributed by atoms with Gasteiger partial charge in [-0.2, -0.15) is 0 Å². The van der Waals surface area contributed by atoms with Gasteiger partial charge in [0.1, 0.15) is 0 Å². The zero-order chi connectivity index (χ0) is 12.5. The summed E-state index contributed by atoms with van der Waals surface area (Å²) in [4.78, 5) is 3.19. The van der Waals surface area contributed by atoms with Crippen molar-refractivity contribution in [2.75, 3.05) is 0 Å². The minimum atomic E-state index is 0.719. The quantitative estimate of drug-likeness (QED) is 0.687. The Hall–Kier alpha value is -1.58. The van der Waals surface area contributed by atoms with E-state index in [0.29, 0.717) is 0 Å². The van der Waals surface area contributed by atoms with Crippen LogP contribution in [-0.2, 0) is 6.54 Å². The fraction of sp³-hybridized carbons (Fsp3) is 0.0714. The normalized spacial score (nSPS) is 10.9. The van der Waals surface area contributed by atoms with Crippen molar-refractivity contribution in [1.82, 2.24) is 9.55 Å². The van der Waals surface area contributed by atoms with Crippen LogP contribution in [-0.4, -0.2) is 9.55 Å². The SMILES string of the molecule is S=c1[nH]c2ccc(Cl)cc2n1Cc1ccccc1. The lowest BCUT2D eigenvalue weighted by Crippen LogP contribution is -1.99. The third kappa shape index (κ3) is 2.07. The number of rotatable bonds is 2. The van der Waals surface area contributed by atoms with Crippen LogP contribution in [0.3, 0.4) is 0 Å². The zero-order valence-electron chi connectivity index (χ0n) is 9.56. The third-order valence-corrected chi connectivity index (χ3v) is 3.48. The van der Waals surface area contributed by atoms with E-state index in [9.17, 15) is 0 Å². The predicted molar refractivity (Wildman–Crippen MR) is 77.7 cm³/mol. The summed E-state index contributed by atoms with van der Waals surface area (Å²) in [7, 11) is 0. The molecule has 2 nitrogen and oxygen atoms in total. The fourth-order valence-electron chi connectivity index (χ4n) is 2.05. The van der Waals surface area contributed by atoms with Crippen molar-refractivity contribution in [2.45, 2.75) is 6.54 Å². The number of hydrogen-bond donors (Lipinski definition) is 1. The van der Waals surface area contributed by atoms with Gasteiger partial charge in [0.25, 0.3) is 0 Å². The van der Waals surface area contributed by atoms with Crippen molar-refractivity contribution in [1.29, 1.82) is 0 Å². The largest absolute Gasteiger partial charge is 0.331 e. The Morgan fingerprint density at radius 3 is 2.67 bits per heavy atom. The summed E-state index contributed by atoms with van der Waals surface area (Å²) < 4.78 is 2.78. The van der Waals surface area contributed by atoms with Gasteiger partial charge in [-0.3, -0.25) is 0 Å². The lowest BCUT2D eigenvalue weighted by atomic mass is 10.2. The Bertz CT molecular complexity index is 743. The maximum absolute atomic E-state index is 6.04. The number of nitrogens with one attached hydrogen (secondary N) is 1. The molecule has 4 heteroatoms. The highest BCUT2D eigenvalue weighted by Crippen LogP contribution is 2.20. The van der Waals surface area contributed by atoms with Crippen LogP contribution in [0.15, 0.2) is 48.5 Å². The Morgan fingerprint density at radius 1 is 1.11 bits per heavy atom. The van der Waals surface area contributed by atoms with Crippen LogP contribution < -0.4 is 0 Å². The Morgan fingerprint density at radius 2 is 1.89 bits per heavy atom. The lowest BCUT2D eigenvalue weighted by molar-refractivity contribution is 0.810. The number of aromatic nitrogens is 2. The molecule has 0 amide bonds. The highest BCUT2D eigenvalue weighted by molar-refractivity contribution is 7.71. The van der Waals surface area contributed by atoms with E-state index in [1.807, 2.05) is 36.4 Å². The number of aromatic amines is 1. The molecule has 1 N–H and O–H groups in total. The first-order chi connectivity index (χ1) is 8.74. The first kappa shape index (κ1) is 11.5. The van der Waals surface area contributed by atoms with Gasteiger partial charge in [0.05, 0.1) is 17.6 Å². The summed E-state index contributed by atoms with van der Waals surface area (Å²) in [6.45, 7) is 0.750. The number of imidazole rings is 1. The maximum atomic E-state index is 6.04. The molecule has 0 bridgehead atoms. The van der Waals surface area contributed by atoms with Gasteiger partial charge in [0, 0.05) is 5.02 Å². The smallest absolute Gasteiger partial charge is 0.178 e. The molecule has 1 heterocycles. The van der Waals surface area contributed by atoms with Gasteiger partial charge in [-0.25, -0.2) is 0 Å². The van der Waals surface area contributed by atoms with E-state index in [1.165, 1.54) is 5.56 Å². The van der Waals surface area contributed by atoms with Crippen LogP contribution in [0.1, 0.15) is 5.56 Å². The summed E-state index contributed by atoms with van der Waals surface area (Å²) in [5.41, 5.74) is 3.27. The van der Waals surface area contributed by atoms with Gasteiger partial charge in [-0.15, -0.1) is 0 Å². The van der Waals surface area contributed by atoms with E-state index >= 15 is 0 Å². The van der Waals surface area contributed by atoms with Crippen molar-refractivity contribution in [3.8, 4) is 0 Å². The van der Waals surface area contributed by atoms with Crippen LogP contribution in [0, 0.1) is 4.77 Å². The fourth-order valence-corrected chi connectivity index (χ4v) is 2.49.